The molecule has 2 fully saturated rings. The summed E-state index contributed by atoms with van der Waals surface area (Å²) < 4.78 is 0. The summed E-state index contributed by atoms with van der Waals surface area (Å²) in [6.07, 6.45) is 7.26. The van der Waals surface area contributed by atoms with Crippen LogP contribution in [0.25, 0.3) is 0 Å². The molecule has 2 bridgehead atoms. The van der Waals surface area contributed by atoms with Crippen LogP contribution >= 0.6 is 11.3 Å². The van der Waals surface area contributed by atoms with E-state index in [1.54, 1.807) is 11.3 Å². The molecule has 3 nitrogen and oxygen atoms in total. The Labute approximate surface area is 149 Å². The first-order valence-electron chi connectivity index (χ1n) is 9.22. The molecule has 2 unspecified atom stereocenters. The Kier molecular flexibility index (Phi) is 4.97. The minimum Gasteiger partial charge on any atom is -0.313 e. The molecule has 2 aliphatic heterocycles. The Morgan fingerprint density at radius 2 is 1.96 bits per heavy atom. The van der Waals surface area contributed by atoms with Crippen molar-refractivity contribution in [3.8, 4) is 0 Å². The summed E-state index contributed by atoms with van der Waals surface area (Å²) in [5.41, 5.74) is 1.46. The summed E-state index contributed by atoms with van der Waals surface area (Å²) in [6.45, 7) is 4.46. The normalized spacial score (nSPS) is 28.1. The van der Waals surface area contributed by atoms with Crippen LogP contribution in [-0.4, -0.2) is 34.6 Å². The van der Waals surface area contributed by atoms with Crippen LogP contribution in [0.2, 0.25) is 0 Å². The number of benzene rings is 1. The molecule has 0 aliphatic carbocycles. The maximum atomic E-state index is 4.45. The molecule has 4 heteroatoms. The van der Waals surface area contributed by atoms with Gasteiger partial charge in [0.05, 0.1) is 5.01 Å². The van der Waals surface area contributed by atoms with Gasteiger partial charge in [0, 0.05) is 48.7 Å². The van der Waals surface area contributed by atoms with E-state index >= 15 is 0 Å². The van der Waals surface area contributed by atoms with Crippen molar-refractivity contribution in [3.63, 3.8) is 0 Å². The van der Waals surface area contributed by atoms with Crippen molar-refractivity contribution in [3.05, 3.63) is 52.5 Å². The van der Waals surface area contributed by atoms with E-state index in [0.717, 1.165) is 25.2 Å². The third-order valence-corrected chi connectivity index (χ3v) is 6.69. The summed E-state index contributed by atoms with van der Waals surface area (Å²) in [5, 5.41) is 7.17. The zero-order chi connectivity index (χ0) is 16.4. The van der Waals surface area contributed by atoms with Gasteiger partial charge in [0.2, 0.25) is 0 Å². The van der Waals surface area contributed by atoms with Gasteiger partial charge in [-0.25, -0.2) is 4.98 Å². The van der Waals surface area contributed by atoms with E-state index in [1.807, 2.05) is 6.20 Å². The topological polar surface area (TPSA) is 28.2 Å². The Bertz CT molecular complexity index is 614. The van der Waals surface area contributed by atoms with Gasteiger partial charge in [-0.05, 0) is 31.2 Å². The van der Waals surface area contributed by atoms with Crippen molar-refractivity contribution in [2.75, 3.05) is 6.54 Å². The molecular weight excluding hydrogens is 314 g/mol. The predicted molar refractivity (Wildman–Crippen MR) is 100 cm³/mol. The molecule has 0 spiro atoms. The van der Waals surface area contributed by atoms with Crippen molar-refractivity contribution >= 4 is 11.3 Å². The highest BCUT2D eigenvalue weighted by atomic mass is 32.1. The summed E-state index contributed by atoms with van der Waals surface area (Å²) in [4.78, 5) is 7.21. The number of piperidine rings is 1. The smallest absolute Gasteiger partial charge is 0.0965 e. The molecule has 0 saturated carbocycles. The van der Waals surface area contributed by atoms with E-state index in [0.29, 0.717) is 12.0 Å². The lowest BCUT2D eigenvalue weighted by Gasteiger charge is -2.39. The molecule has 0 radical (unpaired) electrons. The number of hydrogen-bond donors (Lipinski definition) is 1. The van der Waals surface area contributed by atoms with Crippen molar-refractivity contribution in [1.82, 2.24) is 15.2 Å². The third kappa shape index (κ3) is 3.56. The standard InChI is InChI=1S/C20H27N3S/c1-15(20-21-9-10-24-20)13-22-17-11-18-7-8-19(12-17)23(18)14-16-5-3-2-4-6-16/h2-6,9-10,15,17-19,22H,7-8,11-14H2,1H3/t15?,17?,18-,19+. The van der Waals surface area contributed by atoms with Gasteiger partial charge in [0.1, 0.15) is 0 Å². The molecule has 2 aromatic rings. The highest BCUT2D eigenvalue weighted by molar-refractivity contribution is 7.09. The second-order valence-corrected chi connectivity index (χ2v) is 8.32. The number of nitrogens with one attached hydrogen (secondary N) is 1. The molecule has 2 aliphatic rings. The number of fused-ring (bicyclic) bond motifs is 2. The monoisotopic (exact) mass is 341 g/mol. The van der Waals surface area contributed by atoms with E-state index in [4.69, 9.17) is 0 Å². The fourth-order valence-corrected chi connectivity index (χ4v) is 5.10. The van der Waals surface area contributed by atoms with E-state index in [1.165, 1.54) is 36.3 Å². The number of rotatable bonds is 6. The highest BCUT2D eigenvalue weighted by Crippen LogP contribution is 2.37. The van der Waals surface area contributed by atoms with Crippen LogP contribution in [0.5, 0.6) is 0 Å². The maximum Gasteiger partial charge on any atom is 0.0965 e. The van der Waals surface area contributed by atoms with Gasteiger partial charge in [-0.15, -0.1) is 11.3 Å². The van der Waals surface area contributed by atoms with Crippen LogP contribution in [0, 0.1) is 0 Å². The Hall–Kier alpha value is -1.23. The number of thiazole rings is 1. The van der Waals surface area contributed by atoms with Crippen LogP contribution in [0.4, 0.5) is 0 Å². The van der Waals surface area contributed by atoms with Crippen molar-refractivity contribution in [1.29, 1.82) is 0 Å². The average Bonchev–Trinajstić information content (AvgIpc) is 3.21. The minimum absolute atomic E-state index is 0.519. The van der Waals surface area contributed by atoms with Crippen LogP contribution < -0.4 is 5.32 Å². The zero-order valence-electron chi connectivity index (χ0n) is 14.4. The van der Waals surface area contributed by atoms with Gasteiger partial charge in [0.25, 0.3) is 0 Å². The van der Waals surface area contributed by atoms with Crippen molar-refractivity contribution < 1.29 is 0 Å². The van der Waals surface area contributed by atoms with Crippen molar-refractivity contribution in [2.45, 2.75) is 63.2 Å². The van der Waals surface area contributed by atoms with Crippen molar-refractivity contribution in [2.24, 2.45) is 0 Å². The second-order valence-electron chi connectivity index (χ2n) is 7.39. The molecule has 128 valence electrons. The zero-order valence-corrected chi connectivity index (χ0v) is 15.2. The maximum absolute atomic E-state index is 4.45. The molecule has 1 aromatic heterocycles. The quantitative estimate of drug-likeness (QED) is 0.860. The van der Waals surface area contributed by atoms with E-state index in [-0.39, 0.29) is 0 Å². The Morgan fingerprint density at radius 3 is 2.62 bits per heavy atom. The largest absolute Gasteiger partial charge is 0.313 e. The molecule has 24 heavy (non-hydrogen) atoms. The summed E-state index contributed by atoms with van der Waals surface area (Å²) in [7, 11) is 0. The first-order valence-corrected chi connectivity index (χ1v) is 10.1. The van der Waals surface area contributed by atoms with Crippen LogP contribution in [0.3, 0.4) is 0 Å². The Morgan fingerprint density at radius 1 is 1.21 bits per heavy atom. The highest BCUT2D eigenvalue weighted by Gasteiger charge is 2.40. The van der Waals surface area contributed by atoms with E-state index in [9.17, 15) is 0 Å². The van der Waals surface area contributed by atoms with Crippen LogP contribution in [0.15, 0.2) is 41.9 Å². The third-order valence-electron chi connectivity index (χ3n) is 5.68. The van der Waals surface area contributed by atoms with E-state index < -0.39 is 0 Å². The molecule has 1 N–H and O–H groups in total. The first kappa shape index (κ1) is 16.2. The van der Waals surface area contributed by atoms with Gasteiger partial charge in [-0.2, -0.15) is 0 Å². The number of hydrogen-bond acceptors (Lipinski definition) is 4. The number of nitrogens with zero attached hydrogens (tertiary/aromatic N) is 2. The lowest BCUT2D eigenvalue weighted by Crippen LogP contribution is -2.49. The Balaban J connectivity index is 1.31. The molecule has 3 heterocycles. The molecule has 1 aromatic carbocycles. The molecule has 2 saturated heterocycles. The van der Waals surface area contributed by atoms with Gasteiger partial charge in [-0.3, -0.25) is 4.90 Å². The molecular formula is C20H27N3S. The molecule has 0 amide bonds. The summed E-state index contributed by atoms with van der Waals surface area (Å²) in [6, 6.07) is 13.2. The molecule has 4 atom stereocenters. The fourth-order valence-electron chi connectivity index (χ4n) is 4.40. The molecule has 4 rings (SSSR count). The SMILES string of the molecule is CC(CNC1C[C@H]2CC[C@@H](C1)N2Cc1ccccc1)c1nccs1. The first-order chi connectivity index (χ1) is 11.8. The van der Waals surface area contributed by atoms with Crippen LogP contribution in [-0.2, 0) is 6.54 Å². The van der Waals surface area contributed by atoms with E-state index in [2.05, 4.69) is 57.8 Å². The number of aromatic nitrogens is 1. The lowest BCUT2D eigenvalue weighted by molar-refractivity contribution is 0.109. The lowest BCUT2D eigenvalue weighted by atomic mass is 9.96. The summed E-state index contributed by atoms with van der Waals surface area (Å²) in [5.74, 6) is 0.519. The fraction of sp³-hybridized carbons (Fsp3) is 0.550. The van der Waals surface area contributed by atoms with Gasteiger partial charge in [-0.1, -0.05) is 37.3 Å². The van der Waals surface area contributed by atoms with Gasteiger partial charge < -0.3 is 5.32 Å². The second kappa shape index (κ2) is 7.34. The van der Waals surface area contributed by atoms with Gasteiger partial charge in [0.15, 0.2) is 0 Å². The van der Waals surface area contributed by atoms with Crippen LogP contribution in [0.1, 0.15) is 49.1 Å². The average molecular weight is 342 g/mol. The summed E-state index contributed by atoms with van der Waals surface area (Å²) >= 11 is 1.77. The predicted octanol–water partition coefficient (Wildman–Crippen LogP) is 4.03. The van der Waals surface area contributed by atoms with Gasteiger partial charge >= 0.3 is 0 Å². The minimum atomic E-state index is 0.519.